The summed E-state index contributed by atoms with van der Waals surface area (Å²) < 4.78 is 32.2. The summed E-state index contributed by atoms with van der Waals surface area (Å²) in [6.07, 6.45) is 3.66. The monoisotopic (exact) mass is 314 g/mol. The molecule has 0 spiro atoms. The van der Waals surface area contributed by atoms with Crippen molar-refractivity contribution in [3.05, 3.63) is 12.4 Å². The van der Waals surface area contributed by atoms with Gasteiger partial charge < -0.3 is 10.1 Å². The van der Waals surface area contributed by atoms with Crippen LogP contribution in [0.25, 0.3) is 0 Å². The second-order valence-corrected chi connectivity index (χ2v) is 7.47. The molecule has 2 heterocycles. The highest BCUT2D eigenvalue weighted by Gasteiger charge is 2.40. The molecule has 0 bridgehead atoms. The standard InChI is InChI=1S/C13H22N4O3S/c1-4-5-14-12-15-8-11(9-16-12)21(18,19)17-6-7-20-10-13(17,2)3/h8-9H,4-7,10H2,1-3H3,(H,14,15,16). The third-order valence-electron chi connectivity index (χ3n) is 3.32. The van der Waals surface area contributed by atoms with Crippen molar-refractivity contribution in [1.82, 2.24) is 14.3 Å². The largest absolute Gasteiger partial charge is 0.378 e. The van der Waals surface area contributed by atoms with Crippen LogP contribution in [-0.4, -0.2) is 54.5 Å². The molecule has 0 aromatic carbocycles. The van der Waals surface area contributed by atoms with Gasteiger partial charge in [-0.15, -0.1) is 0 Å². The number of nitrogens with one attached hydrogen (secondary N) is 1. The molecule has 1 saturated heterocycles. The van der Waals surface area contributed by atoms with Gasteiger partial charge in [-0.25, -0.2) is 18.4 Å². The Morgan fingerprint density at radius 2 is 2.05 bits per heavy atom. The third kappa shape index (κ3) is 3.50. The van der Waals surface area contributed by atoms with Crippen molar-refractivity contribution in [3.63, 3.8) is 0 Å². The average molecular weight is 314 g/mol. The maximum atomic E-state index is 12.7. The summed E-state index contributed by atoms with van der Waals surface area (Å²) in [6, 6.07) is 0. The summed E-state index contributed by atoms with van der Waals surface area (Å²) >= 11 is 0. The van der Waals surface area contributed by atoms with Gasteiger partial charge in [-0.3, -0.25) is 0 Å². The van der Waals surface area contributed by atoms with Gasteiger partial charge in [0.05, 0.1) is 31.1 Å². The van der Waals surface area contributed by atoms with Crippen molar-refractivity contribution in [2.24, 2.45) is 0 Å². The molecular formula is C13H22N4O3S. The molecule has 2 rings (SSSR count). The van der Waals surface area contributed by atoms with E-state index < -0.39 is 15.6 Å². The van der Waals surface area contributed by atoms with Crippen LogP contribution in [0.3, 0.4) is 0 Å². The molecule has 1 aliphatic heterocycles. The number of morpholine rings is 1. The Labute approximate surface area is 125 Å². The van der Waals surface area contributed by atoms with E-state index in [0.29, 0.717) is 25.7 Å². The molecule has 8 heteroatoms. The molecule has 1 fully saturated rings. The Morgan fingerprint density at radius 1 is 1.38 bits per heavy atom. The molecule has 1 aromatic rings. The highest BCUT2D eigenvalue weighted by Crippen LogP contribution is 2.26. The van der Waals surface area contributed by atoms with Crippen LogP contribution in [0.4, 0.5) is 5.95 Å². The normalized spacial score (nSPS) is 19.4. The second-order valence-electron chi connectivity index (χ2n) is 5.61. The minimum absolute atomic E-state index is 0.111. The fraction of sp³-hybridized carbons (Fsp3) is 0.692. The van der Waals surface area contributed by atoms with Gasteiger partial charge in [0.2, 0.25) is 16.0 Å². The summed E-state index contributed by atoms with van der Waals surface area (Å²) in [6.45, 7) is 7.60. The van der Waals surface area contributed by atoms with Gasteiger partial charge in [-0.2, -0.15) is 4.31 Å². The van der Waals surface area contributed by atoms with E-state index in [1.807, 2.05) is 20.8 Å². The summed E-state index contributed by atoms with van der Waals surface area (Å²) in [5, 5.41) is 3.02. The Kier molecular flexibility index (Phi) is 4.80. The van der Waals surface area contributed by atoms with E-state index >= 15 is 0 Å². The predicted molar refractivity (Wildman–Crippen MR) is 79.6 cm³/mol. The lowest BCUT2D eigenvalue weighted by Crippen LogP contribution is -2.55. The average Bonchev–Trinajstić information content (AvgIpc) is 2.44. The van der Waals surface area contributed by atoms with Crippen LogP contribution in [0.1, 0.15) is 27.2 Å². The van der Waals surface area contributed by atoms with Gasteiger partial charge in [0.25, 0.3) is 0 Å². The lowest BCUT2D eigenvalue weighted by molar-refractivity contribution is -0.00772. The highest BCUT2D eigenvalue weighted by molar-refractivity contribution is 7.89. The van der Waals surface area contributed by atoms with Crippen molar-refractivity contribution in [2.45, 2.75) is 37.6 Å². The van der Waals surface area contributed by atoms with Gasteiger partial charge >= 0.3 is 0 Å². The molecule has 0 radical (unpaired) electrons. The van der Waals surface area contributed by atoms with Crippen LogP contribution < -0.4 is 5.32 Å². The number of ether oxygens (including phenoxy) is 1. The van der Waals surface area contributed by atoms with Crippen molar-refractivity contribution >= 4 is 16.0 Å². The molecule has 21 heavy (non-hydrogen) atoms. The quantitative estimate of drug-likeness (QED) is 0.876. The molecule has 0 saturated carbocycles. The van der Waals surface area contributed by atoms with Gasteiger partial charge in [-0.05, 0) is 20.3 Å². The van der Waals surface area contributed by atoms with E-state index in [1.54, 1.807) is 0 Å². The maximum absolute atomic E-state index is 12.7. The molecular weight excluding hydrogens is 292 g/mol. The number of rotatable bonds is 5. The zero-order chi connectivity index (χ0) is 15.5. The Balaban J connectivity index is 2.22. The topological polar surface area (TPSA) is 84.4 Å². The number of nitrogens with zero attached hydrogens (tertiary/aromatic N) is 3. The van der Waals surface area contributed by atoms with Crippen molar-refractivity contribution < 1.29 is 13.2 Å². The van der Waals surface area contributed by atoms with Crippen LogP contribution in [-0.2, 0) is 14.8 Å². The first-order valence-corrected chi connectivity index (χ1v) is 8.48. The van der Waals surface area contributed by atoms with Crippen molar-refractivity contribution in [1.29, 1.82) is 0 Å². The minimum Gasteiger partial charge on any atom is -0.378 e. The Bertz CT molecular complexity index is 572. The number of aromatic nitrogens is 2. The summed E-state index contributed by atoms with van der Waals surface area (Å²) in [5.41, 5.74) is -0.573. The van der Waals surface area contributed by atoms with E-state index in [9.17, 15) is 8.42 Å². The predicted octanol–water partition coefficient (Wildman–Crippen LogP) is 1.10. The number of sulfonamides is 1. The number of hydrogen-bond donors (Lipinski definition) is 1. The molecule has 0 aliphatic carbocycles. The van der Waals surface area contributed by atoms with Crippen LogP contribution in [0.2, 0.25) is 0 Å². The van der Waals surface area contributed by atoms with Crippen LogP contribution in [0, 0.1) is 0 Å². The second kappa shape index (κ2) is 6.25. The molecule has 0 amide bonds. The lowest BCUT2D eigenvalue weighted by atomic mass is 10.1. The van der Waals surface area contributed by atoms with E-state index in [4.69, 9.17) is 4.74 Å². The summed E-state index contributed by atoms with van der Waals surface area (Å²) in [4.78, 5) is 8.24. The van der Waals surface area contributed by atoms with Gasteiger partial charge in [0.1, 0.15) is 4.90 Å². The summed E-state index contributed by atoms with van der Waals surface area (Å²) in [7, 11) is -3.61. The molecule has 0 unspecified atom stereocenters. The first kappa shape index (κ1) is 16.1. The van der Waals surface area contributed by atoms with E-state index in [0.717, 1.165) is 13.0 Å². The SMILES string of the molecule is CCCNc1ncc(S(=O)(=O)N2CCOCC2(C)C)cn1. The van der Waals surface area contributed by atoms with Crippen molar-refractivity contribution in [3.8, 4) is 0 Å². The number of anilines is 1. The zero-order valence-electron chi connectivity index (χ0n) is 12.7. The van der Waals surface area contributed by atoms with E-state index in [1.165, 1.54) is 16.7 Å². The maximum Gasteiger partial charge on any atom is 0.246 e. The fourth-order valence-corrected chi connectivity index (χ4v) is 3.84. The molecule has 7 nitrogen and oxygen atoms in total. The van der Waals surface area contributed by atoms with Crippen LogP contribution >= 0.6 is 0 Å². The van der Waals surface area contributed by atoms with Gasteiger partial charge in [0.15, 0.2) is 0 Å². The van der Waals surface area contributed by atoms with Crippen molar-refractivity contribution in [2.75, 3.05) is 31.6 Å². The molecule has 0 atom stereocenters. The molecule has 1 aromatic heterocycles. The Hall–Kier alpha value is -1.25. The third-order valence-corrected chi connectivity index (χ3v) is 5.38. The molecule has 118 valence electrons. The zero-order valence-corrected chi connectivity index (χ0v) is 13.5. The smallest absolute Gasteiger partial charge is 0.246 e. The summed E-state index contributed by atoms with van der Waals surface area (Å²) in [5.74, 6) is 0.442. The minimum atomic E-state index is -3.61. The first-order valence-electron chi connectivity index (χ1n) is 7.04. The molecule has 1 aliphatic rings. The van der Waals surface area contributed by atoms with Gasteiger partial charge in [0, 0.05) is 13.1 Å². The Morgan fingerprint density at radius 3 is 2.62 bits per heavy atom. The fourth-order valence-electron chi connectivity index (χ4n) is 2.19. The lowest BCUT2D eigenvalue weighted by Gasteiger charge is -2.40. The van der Waals surface area contributed by atoms with E-state index in [-0.39, 0.29) is 4.90 Å². The van der Waals surface area contributed by atoms with Crippen LogP contribution in [0.15, 0.2) is 17.3 Å². The van der Waals surface area contributed by atoms with Crippen LogP contribution in [0.5, 0.6) is 0 Å². The molecule has 1 N–H and O–H groups in total. The van der Waals surface area contributed by atoms with Gasteiger partial charge in [-0.1, -0.05) is 6.92 Å². The highest BCUT2D eigenvalue weighted by atomic mass is 32.2. The number of hydrogen-bond acceptors (Lipinski definition) is 6. The van der Waals surface area contributed by atoms with E-state index in [2.05, 4.69) is 15.3 Å². The first-order chi connectivity index (χ1) is 9.88.